The van der Waals surface area contributed by atoms with Gasteiger partial charge in [-0.3, -0.25) is 0 Å². The normalized spacial score (nSPS) is 22.7. The van der Waals surface area contributed by atoms with Crippen LogP contribution in [0.25, 0.3) is 11.1 Å². The van der Waals surface area contributed by atoms with Crippen molar-refractivity contribution < 1.29 is 54.4 Å². The lowest BCUT2D eigenvalue weighted by molar-refractivity contribution is -0.336. The smallest absolute Gasteiger partial charge is 0.349 e. The molecule has 0 unspecified atom stereocenters. The third-order valence-corrected chi connectivity index (χ3v) is 7.48. The fourth-order valence-electron chi connectivity index (χ4n) is 5.15. The first-order valence-corrected chi connectivity index (χ1v) is 14.3. The van der Waals surface area contributed by atoms with E-state index >= 15 is 8.78 Å². The molecule has 0 atom stereocenters. The van der Waals surface area contributed by atoms with E-state index in [2.05, 4.69) is 6.92 Å². The molecule has 0 aliphatic carbocycles. The summed E-state index contributed by atoms with van der Waals surface area (Å²) in [7, 11) is 0. The second-order valence-corrected chi connectivity index (χ2v) is 10.8. The minimum absolute atomic E-state index is 0.0536. The van der Waals surface area contributed by atoms with Crippen LogP contribution < -0.4 is 0 Å². The first kappa shape index (κ1) is 32.4. The molecule has 2 heterocycles. The highest BCUT2D eigenvalue weighted by atomic mass is 19.3. The number of alkyl halides is 2. The lowest BCUT2D eigenvalue weighted by Crippen LogP contribution is -2.46. The Balaban J connectivity index is 1.15. The molecule has 2 aliphatic heterocycles. The fraction of sp³-hybridized carbons (Fsp3) is 0.438. The van der Waals surface area contributed by atoms with Crippen LogP contribution in [-0.2, 0) is 36.2 Å². The van der Waals surface area contributed by atoms with Crippen LogP contribution in [0.1, 0.15) is 49.2 Å². The van der Waals surface area contributed by atoms with E-state index in [4.69, 9.17) is 23.7 Å². The Bertz CT molecular complexity index is 1370. The average molecular weight is 629 g/mol. The van der Waals surface area contributed by atoms with E-state index in [-0.39, 0.29) is 37.6 Å². The van der Waals surface area contributed by atoms with Crippen molar-refractivity contribution in [3.63, 3.8) is 0 Å². The van der Waals surface area contributed by atoms with E-state index < -0.39 is 65.4 Å². The molecule has 2 fully saturated rings. The number of unbranched alkanes of at least 4 members (excludes halogenated alkanes) is 2. The summed E-state index contributed by atoms with van der Waals surface area (Å²) in [5.41, 5.74) is 0.0835. The van der Waals surface area contributed by atoms with Crippen molar-refractivity contribution in [3.8, 4) is 11.1 Å². The zero-order valence-corrected chi connectivity index (χ0v) is 23.8. The first-order valence-electron chi connectivity index (χ1n) is 14.3. The Morgan fingerprint density at radius 3 is 1.89 bits per heavy atom. The molecule has 0 radical (unpaired) electrons. The van der Waals surface area contributed by atoms with Crippen molar-refractivity contribution in [2.45, 2.75) is 57.4 Å². The van der Waals surface area contributed by atoms with Crippen LogP contribution in [0.3, 0.4) is 0 Å². The number of halogens is 7. The van der Waals surface area contributed by atoms with Crippen molar-refractivity contribution in [3.05, 3.63) is 94.3 Å². The van der Waals surface area contributed by atoms with Gasteiger partial charge in [-0.1, -0.05) is 44.0 Å². The predicted molar refractivity (Wildman–Crippen MR) is 144 cm³/mol. The molecular weight excluding hydrogens is 597 g/mol. The van der Waals surface area contributed by atoms with Gasteiger partial charge in [0.25, 0.3) is 0 Å². The van der Waals surface area contributed by atoms with E-state index in [1.807, 2.05) is 12.1 Å². The van der Waals surface area contributed by atoms with Crippen LogP contribution in [0.15, 0.2) is 48.5 Å². The van der Waals surface area contributed by atoms with Gasteiger partial charge in [-0.25, -0.2) is 22.0 Å². The summed E-state index contributed by atoms with van der Waals surface area (Å²) in [6, 6.07) is 10.3. The monoisotopic (exact) mass is 628 g/mol. The number of benzene rings is 3. The van der Waals surface area contributed by atoms with Crippen molar-refractivity contribution >= 4 is 0 Å². The highest BCUT2D eigenvalue weighted by Crippen LogP contribution is 2.38. The summed E-state index contributed by atoms with van der Waals surface area (Å²) < 4.78 is 127. The van der Waals surface area contributed by atoms with E-state index in [9.17, 15) is 22.0 Å². The third-order valence-electron chi connectivity index (χ3n) is 7.48. The maximum Gasteiger partial charge on any atom is 0.389 e. The molecule has 0 saturated carbocycles. The van der Waals surface area contributed by atoms with Crippen LogP contribution in [0.5, 0.6) is 0 Å². The Kier molecular flexibility index (Phi) is 10.3. The number of hydrogen-bond donors (Lipinski definition) is 0. The molecule has 3 aromatic carbocycles. The van der Waals surface area contributed by atoms with Crippen LogP contribution in [0.4, 0.5) is 30.7 Å². The molecule has 2 saturated heterocycles. The number of aryl methyl sites for hydroxylation is 1. The van der Waals surface area contributed by atoms with E-state index in [1.165, 1.54) is 0 Å². The lowest BCUT2D eigenvalue weighted by Gasteiger charge is -2.38. The molecule has 5 rings (SSSR count). The van der Waals surface area contributed by atoms with Gasteiger partial charge >= 0.3 is 6.11 Å². The Morgan fingerprint density at radius 2 is 1.32 bits per heavy atom. The first-order chi connectivity index (χ1) is 21.1. The molecule has 0 amide bonds. The van der Waals surface area contributed by atoms with E-state index in [0.29, 0.717) is 5.56 Å². The fourth-order valence-corrected chi connectivity index (χ4v) is 5.15. The maximum atomic E-state index is 15.0. The zero-order valence-electron chi connectivity index (χ0n) is 23.8. The molecule has 238 valence electrons. The van der Waals surface area contributed by atoms with E-state index in [0.717, 1.165) is 55.5 Å². The minimum Gasteiger partial charge on any atom is -0.349 e. The van der Waals surface area contributed by atoms with Gasteiger partial charge in [0.2, 0.25) is 0 Å². The van der Waals surface area contributed by atoms with Gasteiger partial charge in [0, 0.05) is 5.56 Å². The van der Waals surface area contributed by atoms with Gasteiger partial charge in [0.05, 0.1) is 32.3 Å². The standard InChI is InChI=1S/C32H31F7O5/c1-2-3-4-5-18-6-8-19(9-7-18)20-10-24(33)28(25(34)11-20)32(38,39)44-23-16-42-31(43-17-23)22-14-40-30(41-15-22)21-12-26(35)29(37)27(36)13-21/h6-13,22-23,30-31H,2-5,14-17H2,1H3. The summed E-state index contributed by atoms with van der Waals surface area (Å²) in [5.74, 6) is -7.87. The highest BCUT2D eigenvalue weighted by Gasteiger charge is 2.44. The molecule has 3 aromatic rings. The van der Waals surface area contributed by atoms with Crippen molar-refractivity contribution in [1.29, 1.82) is 0 Å². The largest absolute Gasteiger partial charge is 0.389 e. The molecule has 44 heavy (non-hydrogen) atoms. The minimum atomic E-state index is -4.33. The second-order valence-electron chi connectivity index (χ2n) is 10.8. The van der Waals surface area contributed by atoms with Gasteiger partial charge in [-0.15, -0.1) is 0 Å². The van der Waals surface area contributed by atoms with Gasteiger partial charge in [-0.2, -0.15) is 8.78 Å². The molecule has 0 N–H and O–H groups in total. The quantitative estimate of drug-likeness (QED) is 0.130. The number of rotatable bonds is 10. The molecule has 2 aliphatic rings. The van der Waals surface area contributed by atoms with Crippen LogP contribution in [0.2, 0.25) is 0 Å². The molecule has 0 bridgehead atoms. The predicted octanol–water partition coefficient (Wildman–Crippen LogP) is 7.95. The van der Waals surface area contributed by atoms with Crippen LogP contribution in [-0.4, -0.2) is 38.8 Å². The number of hydrogen-bond acceptors (Lipinski definition) is 5. The van der Waals surface area contributed by atoms with Gasteiger partial charge in [0.1, 0.15) is 23.3 Å². The SMILES string of the molecule is CCCCCc1ccc(-c2cc(F)c(C(F)(F)OC3COC(C4COC(c5cc(F)c(F)c(F)c5)OC4)OC3)c(F)c2)cc1. The van der Waals surface area contributed by atoms with Crippen LogP contribution in [0, 0.1) is 35.0 Å². The van der Waals surface area contributed by atoms with Crippen LogP contribution >= 0.6 is 0 Å². The molecule has 5 nitrogen and oxygen atoms in total. The van der Waals surface area contributed by atoms with Gasteiger partial charge < -0.3 is 23.7 Å². The Labute approximate surface area is 249 Å². The Hall–Kier alpha value is -3.03. The summed E-state index contributed by atoms with van der Waals surface area (Å²) in [5, 5.41) is 0. The Morgan fingerprint density at radius 1 is 0.727 bits per heavy atom. The number of ether oxygens (including phenoxy) is 5. The molecule has 0 spiro atoms. The average Bonchev–Trinajstić information content (AvgIpc) is 3.00. The maximum absolute atomic E-state index is 15.0. The van der Waals surface area contributed by atoms with E-state index in [1.54, 1.807) is 12.1 Å². The third kappa shape index (κ3) is 7.43. The van der Waals surface area contributed by atoms with Crippen molar-refractivity contribution in [2.75, 3.05) is 26.4 Å². The summed E-state index contributed by atoms with van der Waals surface area (Å²) in [6.45, 7) is 1.22. The summed E-state index contributed by atoms with van der Waals surface area (Å²) in [4.78, 5) is 0. The summed E-state index contributed by atoms with van der Waals surface area (Å²) in [6.07, 6.45) is -3.74. The van der Waals surface area contributed by atoms with Crippen molar-refractivity contribution in [1.82, 2.24) is 0 Å². The highest BCUT2D eigenvalue weighted by molar-refractivity contribution is 5.64. The zero-order chi connectivity index (χ0) is 31.4. The van der Waals surface area contributed by atoms with Gasteiger partial charge in [-0.05, 0) is 53.8 Å². The molecule has 0 aromatic heterocycles. The lowest BCUT2D eigenvalue weighted by atomic mass is 9.99. The van der Waals surface area contributed by atoms with Gasteiger partial charge in [0.15, 0.2) is 30.0 Å². The summed E-state index contributed by atoms with van der Waals surface area (Å²) >= 11 is 0. The topological polar surface area (TPSA) is 46.2 Å². The molecular formula is C32H31F7O5. The molecule has 12 heteroatoms. The second kappa shape index (κ2) is 13.9. The van der Waals surface area contributed by atoms with Crippen molar-refractivity contribution in [2.24, 2.45) is 5.92 Å².